The first-order valence-corrected chi connectivity index (χ1v) is 18.1. The number of carboxylic acid groups (broad SMARTS) is 1. The number of carboxylic acids is 1. The number of ether oxygens (including phenoxy) is 1. The number of carbonyl (C=O) groups excluding carboxylic acids is 1. The SMILES string of the molecule is O=C(O)C(=NOCc1cccc(C(=O)OC(c2ccccc2)c2ccccc2)c1)c1csc(NC(c2ccccc2)(c2ccccc2)c2ccccc2)n1. The van der Waals surface area contributed by atoms with Gasteiger partial charge in [0.15, 0.2) is 11.2 Å². The van der Waals surface area contributed by atoms with Gasteiger partial charge in [-0.25, -0.2) is 14.6 Å². The Morgan fingerprint density at radius 1 is 0.685 bits per heavy atom. The first-order chi connectivity index (χ1) is 26.5. The van der Waals surface area contributed by atoms with E-state index in [-0.39, 0.29) is 18.0 Å². The molecule has 0 radical (unpaired) electrons. The number of hydrogen-bond donors (Lipinski definition) is 2. The largest absolute Gasteiger partial charge is 0.476 e. The fourth-order valence-electron chi connectivity index (χ4n) is 6.30. The summed E-state index contributed by atoms with van der Waals surface area (Å²) in [6.07, 6.45) is -0.599. The Labute approximate surface area is 317 Å². The summed E-state index contributed by atoms with van der Waals surface area (Å²) >= 11 is 1.27. The molecule has 0 aliphatic carbocycles. The lowest BCUT2D eigenvalue weighted by molar-refractivity contribution is -0.129. The highest BCUT2D eigenvalue weighted by Gasteiger charge is 2.37. The van der Waals surface area contributed by atoms with E-state index < -0.39 is 23.6 Å². The topological polar surface area (TPSA) is 110 Å². The molecule has 6 aromatic carbocycles. The molecule has 0 saturated carbocycles. The molecule has 0 bridgehead atoms. The van der Waals surface area contributed by atoms with Crippen LogP contribution in [-0.4, -0.2) is 27.7 Å². The number of aromatic nitrogens is 1. The molecule has 8 nitrogen and oxygen atoms in total. The molecule has 1 aromatic heterocycles. The zero-order valence-electron chi connectivity index (χ0n) is 29.0. The van der Waals surface area contributed by atoms with Gasteiger partial charge in [-0.2, -0.15) is 0 Å². The van der Waals surface area contributed by atoms with Gasteiger partial charge in [-0.3, -0.25) is 0 Å². The van der Waals surface area contributed by atoms with Gasteiger partial charge in [-0.05, 0) is 45.5 Å². The lowest BCUT2D eigenvalue weighted by atomic mass is 9.77. The summed E-state index contributed by atoms with van der Waals surface area (Å²) in [5.74, 6) is -1.80. The molecule has 266 valence electrons. The van der Waals surface area contributed by atoms with Crippen molar-refractivity contribution in [2.24, 2.45) is 5.16 Å². The van der Waals surface area contributed by atoms with Crippen LogP contribution in [0.15, 0.2) is 186 Å². The average molecular weight is 730 g/mol. The number of oxime groups is 1. The number of hydrogen-bond acceptors (Lipinski definition) is 8. The van der Waals surface area contributed by atoms with E-state index in [0.717, 1.165) is 27.8 Å². The highest BCUT2D eigenvalue weighted by Crippen LogP contribution is 2.40. The molecule has 1 heterocycles. The van der Waals surface area contributed by atoms with Crippen molar-refractivity contribution in [2.75, 3.05) is 5.32 Å². The average Bonchev–Trinajstić information content (AvgIpc) is 3.70. The quantitative estimate of drug-likeness (QED) is 0.0497. The maximum absolute atomic E-state index is 13.4. The summed E-state index contributed by atoms with van der Waals surface area (Å²) in [5.41, 5.74) is 4.51. The van der Waals surface area contributed by atoms with Crippen LogP contribution in [0.1, 0.15) is 55.5 Å². The summed E-state index contributed by atoms with van der Waals surface area (Å²) in [7, 11) is 0. The van der Waals surface area contributed by atoms with Crippen molar-refractivity contribution in [2.45, 2.75) is 18.2 Å². The number of esters is 1. The highest BCUT2D eigenvalue weighted by molar-refractivity contribution is 7.14. The van der Waals surface area contributed by atoms with Crippen LogP contribution in [0.2, 0.25) is 0 Å². The monoisotopic (exact) mass is 729 g/mol. The van der Waals surface area contributed by atoms with Crippen molar-refractivity contribution >= 4 is 34.1 Å². The molecular formula is C45H35N3O5S. The molecule has 0 spiro atoms. The molecule has 0 fully saturated rings. The van der Waals surface area contributed by atoms with E-state index in [0.29, 0.717) is 16.3 Å². The van der Waals surface area contributed by atoms with Crippen LogP contribution in [0.25, 0.3) is 0 Å². The summed E-state index contributed by atoms with van der Waals surface area (Å²) in [4.78, 5) is 36.1. The molecular weight excluding hydrogens is 695 g/mol. The van der Waals surface area contributed by atoms with Gasteiger partial charge in [0.05, 0.1) is 5.56 Å². The summed E-state index contributed by atoms with van der Waals surface area (Å²) in [6.45, 7) is -0.0902. The first kappa shape index (κ1) is 35.6. The number of thiazole rings is 1. The Hall–Kier alpha value is -6.84. The van der Waals surface area contributed by atoms with E-state index >= 15 is 0 Å². The third-order valence-corrected chi connectivity index (χ3v) is 9.60. The predicted octanol–water partition coefficient (Wildman–Crippen LogP) is 9.50. The molecule has 7 rings (SSSR count). The zero-order valence-corrected chi connectivity index (χ0v) is 29.8. The van der Waals surface area contributed by atoms with Crippen molar-refractivity contribution in [3.05, 3.63) is 226 Å². The first-order valence-electron chi connectivity index (χ1n) is 17.2. The van der Waals surface area contributed by atoms with E-state index in [1.165, 1.54) is 11.3 Å². The second-order valence-electron chi connectivity index (χ2n) is 12.3. The van der Waals surface area contributed by atoms with E-state index in [4.69, 9.17) is 9.57 Å². The van der Waals surface area contributed by atoms with Crippen molar-refractivity contribution in [3.8, 4) is 0 Å². The van der Waals surface area contributed by atoms with Gasteiger partial charge in [0.2, 0.25) is 5.71 Å². The van der Waals surface area contributed by atoms with Gasteiger partial charge < -0.3 is 20.0 Å². The normalized spacial score (nSPS) is 11.5. The molecule has 0 aliphatic heterocycles. The molecule has 0 unspecified atom stereocenters. The Balaban J connectivity index is 1.11. The number of rotatable bonds is 14. The van der Waals surface area contributed by atoms with Crippen LogP contribution in [0.3, 0.4) is 0 Å². The minimum atomic E-state index is -1.29. The molecule has 0 saturated heterocycles. The summed E-state index contributed by atoms with van der Waals surface area (Å²) < 4.78 is 6.02. The van der Waals surface area contributed by atoms with Gasteiger partial charge in [0, 0.05) is 5.38 Å². The van der Waals surface area contributed by atoms with E-state index in [9.17, 15) is 14.7 Å². The van der Waals surface area contributed by atoms with Gasteiger partial charge in [0.25, 0.3) is 0 Å². The number of nitrogens with one attached hydrogen (secondary N) is 1. The zero-order chi connectivity index (χ0) is 37.2. The number of benzene rings is 6. The predicted molar refractivity (Wildman–Crippen MR) is 210 cm³/mol. The van der Waals surface area contributed by atoms with Crippen LogP contribution in [0, 0.1) is 0 Å². The highest BCUT2D eigenvalue weighted by atomic mass is 32.1. The van der Waals surface area contributed by atoms with E-state index in [1.54, 1.807) is 29.6 Å². The van der Waals surface area contributed by atoms with E-state index in [2.05, 4.69) is 51.9 Å². The fourth-order valence-corrected chi connectivity index (χ4v) is 7.05. The molecule has 0 atom stereocenters. The molecule has 7 aromatic rings. The third kappa shape index (κ3) is 7.96. The molecule has 54 heavy (non-hydrogen) atoms. The van der Waals surface area contributed by atoms with Crippen molar-refractivity contribution in [3.63, 3.8) is 0 Å². The summed E-state index contributed by atoms with van der Waals surface area (Å²) in [6, 6.07) is 56.1. The number of anilines is 1. The molecule has 0 aliphatic rings. The molecule has 0 amide bonds. The van der Waals surface area contributed by atoms with E-state index in [1.807, 2.05) is 115 Å². The summed E-state index contributed by atoms with van der Waals surface area (Å²) in [5, 5.41) is 19.9. The van der Waals surface area contributed by atoms with Crippen molar-refractivity contribution < 1.29 is 24.3 Å². The maximum atomic E-state index is 13.4. The van der Waals surface area contributed by atoms with Crippen molar-refractivity contribution in [1.29, 1.82) is 0 Å². The minimum absolute atomic E-state index is 0.0902. The van der Waals surface area contributed by atoms with Gasteiger partial charge in [0.1, 0.15) is 17.8 Å². The van der Waals surface area contributed by atoms with Gasteiger partial charge in [-0.15, -0.1) is 11.3 Å². The maximum Gasteiger partial charge on any atom is 0.360 e. The third-order valence-electron chi connectivity index (χ3n) is 8.84. The Kier molecular flexibility index (Phi) is 11.0. The molecule has 9 heteroatoms. The Morgan fingerprint density at radius 3 is 1.69 bits per heavy atom. The van der Waals surface area contributed by atoms with Crippen LogP contribution < -0.4 is 5.32 Å². The number of carbonyl (C=O) groups is 2. The second kappa shape index (κ2) is 16.7. The lowest BCUT2D eigenvalue weighted by Crippen LogP contribution is -2.38. The van der Waals surface area contributed by atoms with Gasteiger partial charge >= 0.3 is 11.9 Å². The standard InChI is InChI=1S/C45H35N3O5S/c49-42(50)40(48-52-30-32-17-16-22-35(29-32)43(51)53-41(33-18-6-1-7-19-33)34-20-8-2-9-21-34)39-31-54-44(46-39)47-45(36-23-10-3-11-24-36,37-25-12-4-13-26-37)38-27-14-5-15-28-38/h1-29,31,41H,30H2,(H,46,47)(H,49,50). The van der Waals surface area contributed by atoms with Crippen LogP contribution in [0.4, 0.5) is 5.13 Å². The molecule has 2 N–H and O–H groups in total. The lowest BCUT2D eigenvalue weighted by Gasteiger charge is -2.36. The van der Waals surface area contributed by atoms with Crippen LogP contribution in [-0.2, 0) is 26.5 Å². The minimum Gasteiger partial charge on any atom is -0.476 e. The smallest absolute Gasteiger partial charge is 0.360 e. The number of nitrogens with zero attached hydrogens (tertiary/aromatic N) is 2. The van der Waals surface area contributed by atoms with Crippen molar-refractivity contribution in [1.82, 2.24) is 4.98 Å². The number of aliphatic carboxylic acids is 1. The van der Waals surface area contributed by atoms with Crippen LogP contribution in [0.5, 0.6) is 0 Å². The Bertz CT molecular complexity index is 2200. The van der Waals surface area contributed by atoms with Crippen LogP contribution >= 0.6 is 11.3 Å². The van der Waals surface area contributed by atoms with Gasteiger partial charge in [-0.1, -0.05) is 169 Å². The fraction of sp³-hybridized carbons (Fsp3) is 0.0667. The second-order valence-corrected chi connectivity index (χ2v) is 13.2. The Morgan fingerprint density at radius 2 is 1.19 bits per heavy atom.